The second-order valence-electron chi connectivity index (χ2n) is 4.89. The Morgan fingerprint density at radius 3 is 2.63 bits per heavy atom. The van der Waals surface area contributed by atoms with Gasteiger partial charge in [-0.1, -0.05) is 19.9 Å². The molecular weight excluding hydrogens is 256 g/mol. The molecule has 0 fully saturated rings. The molecule has 0 aliphatic carbocycles. The van der Waals surface area contributed by atoms with Crippen LogP contribution in [0.3, 0.4) is 0 Å². The zero-order chi connectivity index (χ0) is 14.0. The van der Waals surface area contributed by atoms with Crippen LogP contribution in [-0.2, 0) is 6.54 Å². The molecule has 0 amide bonds. The van der Waals surface area contributed by atoms with E-state index in [-0.39, 0.29) is 0 Å². The molecule has 0 aliphatic heterocycles. The molecule has 102 valence electrons. The van der Waals surface area contributed by atoms with Crippen LogP contribution in [0, 0.1) is 6.92 Å². The highest BCUT2D eigenvalue weighted by molar-refractivity contribution is 7.15. The van der Waals surface area contributed by atoms with Crippen LogP contribution in [0.25, 0.3) is 10.6 Å². The van der Waals surface area contributed by atoms with Gasteiger partial charge in [-0.15, -0.1) is 11.3 Å². The summed E-state index contributed by atoms with van der Waals surface area (Å²) in [5.74, 6) is 1.26. The van der Waals surface area contributed by atoms with Gasteiger partial charge in [0.25, 0.3) is 0 Å². The van der Waals surface area contributed by atoms with Gasteiger partial charge in [0.15, 0.2) is 0 Å². The van der Waals surface area contributed by atoms with Crippen LogP contribution in [0.5, 0.6) is 5.75 Å². The van der Waals surface area contributed by atoms with Crippen molar-refractivity contribution in [2.45, 2.75) is 33.2 Å². The maximum absolute atomic E-state index is 5.81. The van der Waals surface area contributed by atoms with Crippen molar-refractivity contribution in [3.8, 4) is 16.3 Å². The van der Waals surface area contributed by atoms with Gasteiger partial charge < -0.3 is 10.5 Å². The van der Waals surface area contributed by atoms with Crippen LogP contribution in [0.1, 0.15) is 35.9 Å². The quantitative estimate of drug-likeness (QED) is 0.926. The van der Waals surface area contributed by atoms with Crippen LogP contribution in [0.2, 0.25) is 0 Å². The summed E-state index contributed by atoms with van der Waals surface area (Å²) in [5, 5.41) is 0.987. The van der Waals surface area contributed by atoms with Gasteiger partial charge in [-0.2, -0.15) is 0 Å². The van der Waals surface area contributed by atoms with E-state index in [2.05, 4.69) is 32.9 Å². The van der Waals surface area contributed by atoms with E-state index in [4.69, 9.17) is 15.5 Å². The molecule has 4 heteroatoms. The number of ether oxygens (including phenoxy) is 1. The van der Waals surface area contributed by atoms with E-state index in [1.165, 1.54) is 5.56 Å². The monoisotopic (exact) mass is 276 g/mol. The predicted octanol–water partition coefficient (Wildman–Crippen LogP) is 3.71. The number of hydrogen-bond acceptors (Lipinski definition) is 4. The lowest BCUT2D eigenvalue weighted by Crippen LogP contribution is -1.99. The minimum atomic E-state index is 0.389. The van der Waals surface area contributed by atoms with Crippen LogP contribution in [-0.4, -0.2) is 12.1 Å². The van der Waals surface area contributed by atoms with Gasteiger partial charge in [0.2, 0.25) is 0 Å². The predicted molar refractivity (Wildman–Crippen MR) is 80.8 cm³/mol. The molecule has 1 aromatic carbocycles. The average molecular weight is 276 g/mol. The third-order valence-corrected chi connectivity index (χ3v) is 4.17. The van der Waals surface area contributed by atoms with Crippen molar-refractivity contribution >= 4 is 11.3 Å². The van der Waals surface area contributed by atoms with E-state index in [9.17, 15) is 0 Å². The second-order valence-corrected chi connectivity index (χ2v) is 5.97. The number of aryl methyl sites for hydroxylation is 1. The lowest BCUT2D eigenvalue weighted by atomic mass is 10.1. The summed E-state index contributed by atoms with van der Waals surface area (Å²) < 4.78 is 5.46. The van der Waals surface area contributed by atoms with Gasteiger partial charge in [0, 0.05) is 11.4 Å². The molecule has 0 radical (unpaired) electrons. The van der Waals surface area contributed by atoms with Gasteiger partial charge in [-0.3, -0.25) is 0 Å². The fourth-order valence-electron chi connectivity index (χ4n) is 2.05. The average Bonchev–Trinajstić information content (AvgIpc) is 2.82. The standard InChI is InChI=1S/C15H20N2OS/c1-9(2)14-13(8-16)19-15(17-14)11-6-5-10(3)7-12(11)18-4/h5-7,9H,8,16H2,1-4H3. The van der Waals surface area contributed by atoms with Gasteiger partial charge in [0.1, 0.15) is 10.8 Å². The SMILES string of the molecule is COc1cc(C)ccc1-c1nc(C(C)C)c(CN)s1. The van der Waals surface area contributed by atoms with E-state index in [0.29, 0.717) is 12.5 Å². The van der Waals surface area contributed by atoms with Crippen LogP contribution in [0.15, 0.2) is 18.2 Å². The van der Waals surface area contributed by atoms with Crippen molar-refractivity contribution < 1.29 is 4.74 Å². The van der Waals surface area contributed by atoms with Crippen molar-refractivity contribution in [3.05, 3.63) is 34.3 Å². The summed E-state index contributed by atoms with van der Waals surface area (Å²) in [6, 6.07) is 6.18. The third kappa shape index (κ3) is 2.80. The van der Waals surface area contributed by atoms with E-state index in [1.54, 1.807) is 18.4 Å². The Morgan fingerprint density at radius 2 is 2.11 bits per heavy atom. The second kappa shape index (κ2) is 5.72. The van der Waals surface area contributed by atoms with E-state index in [0.717, 1.165) is 26.9 Å². The fraction of sp³-hybridized carbons (Fsp3) is 0.400. The Morgan fingerprint density at radius 1 is 1.37 bits per heavy atom. The summed E-state index contributed by atoms with van der Waals surface area (Å²) in [5.41, 5.74) is 9.14. The molecule has 0 atom stereocenters. The van der Waals surface area contributed by atoms with E-state index in [1.807, 2.05) is 6.07 Å². The molecule has 0 bridgehead atoms. The number of benzene rings is 1. The molecule has 0 unspecified atom stereocenters. The third-order valence-electron chi connectivity index (χ3n) is 3.05. The summed E-state index contributed by atoms with van der Waals surface area (Å²) in [6.07, 6.45) is 0. The first-order chi connectivity index (χ1) is 9.06. The summed E-state index contributed by atoms with van der Waals surface area (Å²) in [7, 11) is 1.69. The zero-order valence-corrected chi connectivity index (χ0v) is 12.7. The Bertz CT molecular complexity index is 576. The maximum Gasteiger partial charge on any atom is 0.129 e. The molecule has 2 N–H and O–H groups in total. The number of nitrogens with two attached hydrogens (primary N) is 1. The maximum atomic E-state index is 5.81. The molecule has 0 saturated heterocycles. The highest BCUT2D eigenvalue weighted by Gasteiger charge is 2.16. The number of rotatable bonds is 4. The summed E-state index contributed by atoms with van der Waals surface area (Å²) in [6.45, 7) is 6.88. The fourth-order valence-corrected chi connectivity index (χ4v) is 3.18. The topological polar surface area (TPSA) is 48.1 Å². The van der Waals surface area contributed by atoms with E-state index >= 15 is 0 Å². The first kappa shape index (κ1) is 14.0. The lowest BCUT2D eigenvalue weighted by molar-refractivity contribution is 0.416. The number of thiazole rings is 1. The zero-order valence-electron chi connectivity index (χ0n) is 11.9. The van der Waals surface area contributed by atoms with Gasteiger partial charge in [-0.05, 0) is 30.5 Å². The molecule has 19 heavy (non-hydrogen) atoms. The number of nitrogens with zero attached hydrogens (tertiary/aromatic N) is 1. The molecule has 0 saturated carbocycles. The Labute approximate surface area is 118 Å². The molecule has 2 aromatic rings. The minimum Gasteiger partial charge on any atom is -0.496 e. The number of methoxy groups -OCH3 is 1. The van der Waals surface area contributed by atoms with Crippen molar-refractivity contribution in [1.82, 2.24) is 4.98 Å². The molecule has 3 nitrogen and oxygen atoms in total. The Hall–Kier alpha value is -1.39. The highest BCUT2D eigenvalue weighted by atomic mass is 32.1. The number of aromatic nitrogens is 1. The number of hydrogen-bond donors (Lipinski definition) is 1. The van der Waals surface area contributed by atoms with Gasteiger partial charge in [0.05, 0.1) is 18.4 Å². The molecule has 1 heterocycles. The molecule has 0 spiro atoms. The Kier molecular flexibility index (Phi) is 4.22. The van der Waals surface area contributed by atoms with Crippen LogP contribution in [0.4, 0.5) is 0 Å². The van der Waals surface area contributed by atoms with Crippen molar-refractivity contribution in [3.63, 3.8) is 0 Å². The normalized spacial score (nSPS) is 11.1. The van der Waals surface area contributed by atoms with Gasteiger partial charge >= 0.3 is 0 Å². The van der Waals surface area contributed by atoms with E-state index < -0.39 is 0 Å². The molecule has 2 rings (SSSR count). The first-order valence-corrected chi connectivity index (χ1v) is 7.23. The van der Waals surface area contributed by atoms with Crippen molar-refractivity contribution in [2.75, 3.05) is 7.11 Å². The molecule has 0 aliphatic rings. The Balaban J connectivity index is 2.53. The van der Waals surface area contributed by atoms with Crippen molar-refractivity contribution in [1.29, 1.82) is 0 Å². The van der Waals surface area contributed by atoms with Crippen molar-refractivity contribution in [2.24, 2.45) is 5.73 Å². The minimum absolute atomic E-state index is 0.389. The summed E-state index contributed by atoms with van der Waals surface area (Å²) >= 11 is 1.66. The summed E-state index contributed by atoms with van der Waals surface area (Å²) in [4.78, 5) is 5.91. The largest absolute Gasteiger partial charge is 0.496 e. The highest BCUT2D eigenvalue weighted by Crippen LogP contribution is 2.36. The molecule has 1 aromatic heterocycles. The van der Waals surface area contributed by atoms with Gasteiger partial charge in [-0.25, -0.2) is 4.98 Å². The first-order valence-electron chi connectivity index (χ1n) is 6.41. The molecular formula is C15H20N2OS. The van der Waals surface area contributed by atoms with Crippen LogP contribution >= 0.6 is 11.3 Å². The lowest BCUT2D eigenvalue weighted by Gasteiger charge is -2.06. The van der Waals surface area contributed by atoms with Crippen LogP contribution < -0.4 is 10.5 Å². The smallest absolute Gasteiger partial charge is 0.129 e.